The van der Waals surface area contributed by atoms with E-state index in [9.17, 15) is 13.2 Å². The predicted octanol–water partition coefficient (Wildman–Crippen LogP) is 2.39. The van der Waals surface area contributed by atoms with Crippen LogP contribution >= 0.6 is 0 Å². The van der Waals surface area contributed by atoms with Crippen LogP contribution in [0.4, 0.5) is 0 Å². The Bertz CT molecular complexity index is 893. The molecule has 132 valence electrons. The number of nitrogens with zero attached hydrogens (tertiary/aromatic N) is 1. The molecule has 0 radical (unpaired) electrons. The standard InChI is InChI=1S/C19H22N2O3S/c1-25(23,24)21-13-11-17(12-14-21)20-19(22)10-9-16-7-4-6-15-5-2-3-8-18(15)16/h2-10,17H,11-14H2,1H3,(H,20,22)/b10-9+. The highest BCUT2D eigenvalue weighted by Gasteiger charge is 2.25. The van der Waals surface area contributed by atoms with E-state index in [-0.39, 0.29) is 11.9 Å². The maximum atomic E-state index is 12.2. The molecule has 1 aliphatic rings. The number of piperidine rings is 1. The van der Waals surface area contributed by atoms with Crippen molar-refractivity contribution in [2.45, 2.75) is 18.9 Å². The maximum Gasteiger partial charge on any atom is 0.244 e. The molecule has 25 heavy (non-hydrogen) atoms. The van der Waals surface area contributed by atoms with Crippen molar-refractivity contribution in [3.8, 4) is 0 Å². The monoisotopic (exact) mass is 358 g/mol. The van der Waals surface area contributed by atoms with Gasteiger partial charge < -0.3 is 5.32 Å². The largest absolute Gasteiger partial charge is 0.350 e. The second-order valence-corrected chi connectivity index (χ2v) is 8.33. The zero-order chi connectivity index (χ0) is 17.9. The summed E-state index contributed by atoms with van der Waals surface area (Å²) in [4.78, 5) is 12.2. The van der Waals surface area contributed by atoms with Crippen molar-refractivity contribution in [3.63, 3.8) is 0 Å². The summed E-state index contributed by atoms with van der Waals surface area (Å²) in [5.74, 6) is -0.147. The summed E-state index contributed by atoms with van der Waals surface area (Å²) >= 11 is 0. The second-order valence-electron chi connectivity index (χ2n) is 6.35. The fourth-order valence-corrected chi connectivity index (χ4v) is 4.02. The molecule has 0 spiro atoms. The smallest absolute Gasteiger partial charge is 0.244 e. The normalized spacial score (nSPS) is 17.2. The molecule has 3 rings (SSSR count). The lowest BCUT2D eigenvalue weighted by molar-refractivity contribution is -0.117. The van der Waals surface area contributed by atoms with Crippen molar-refractivity contribution in [1.29, 1.82) is 0 Å². The summed E-state index contributed by atoms with van der Waals surface area (Å²) in [6.07, 6.45) is 5.87. The van der Waals surface area contributed by atoms with Crippen LogP contribution in [0.1, 0.15) is 18.4 Å². The number of benzene rings is 2. The van der Waals surface area contributed by atoms with Gasteiger partial charge in [0.25, 0.3) is 0 Å². The Morgan fingerprint density at radius 3 is 2.52 bits per heavy atom. The van der Waals surface area contributed by atoms with Gasteiger partial charge in [-0.2, -0.15) is 0 Å². The minimum Gasteiger partial charge on any atom is -0.350 e. The van der Waals surface area contributed by atoms with E-state index in [1.54, 1.807) is 6.08 Å². The minimum atomic E-state index is -3.14. The first-order chi connectivity index (χ1) is 11.9. The van der Waals surface area contributed by atoms with E-state index in [4.69, 9.17) is 0 Å². The van der Waals surface area contributed by atoms with E-state index in [1.807, 2.05) is 48.5 Å². The van der Waals surface area contributed by atoms with E-state index >= 15 is 0 Å². The van der Waals surface area contributed by atoms with Crippen LogP contribution in [0.15, 0.2) is 48.5 Å². The number of rotatable bonds is 4. The minimum absolute atomic E-state index is 0.0164. The molecule has 0 unspecified atom stereocenters. The van der Waals surface area contributed by atoms with Crippen molar-refractivity contribution in [3.05, 3.63) is 54.1 Å². The molecule has 2 aromatic rings. The molecule has 6 heteroatoms. The number of amides is 1. The van der Waals surface area contributed by atoms with Crippen molar-refractivity contribution >= 4 is 32.8 Å². The third-order valence-corrected chi connectivity index (χ3v) is 5.81. The van der Waals surface area contributed by atoms with Gasteiger partial charge in [0, 0.05) is 25.2 Å². The Labute approximate surface area is 148 Å². The third-order valence-electron chi connectivity index (χ3n) is 4.51. The molecule has 2 aromatic carbocycles. The number of carbonyl (C=O) groups excluding carboxylic acids is 1. The van der Waals surface area contributed by atoms with Crippen molar-refractivity contribution in [2.75, 3.05) is 19.3 Å². The number of sulfonamides is 1. The quantitative estimate of drug-likeness (QED) is 0.854. The molecule has 1 saturated heterocycles. The van der Waals surface area contributed by atoms with Gasteiger partial charge in [0.15, 0.2) is 0 Å². The molecule has 1 aliphatic heterocycles. The maximum absolute atomic E-state index is 12.2. The fourth-order valence-electron chi connectivity index (χ4n) is 3.14. The summed E-state index contributed by atoms with van der Waals surface area (Å²) in [6.45, 7) is 0.910. The number of hydrogen-bond acceptors (Lipinski definition) is 3. The van der Waals surface area contributed by atoms with Gasteiger partial charge in [-0.3, -0.25) is 4.79 Å². The Morgan fingerprint density at radius 2 is 1.80 bits per heavy atom. The lowest BCUT2D eigenvalue weighted by Gasteiger charge is -2.30. The van der Waals surface area contributed by atoms with Crippen molar-refractivity contribution in [2.24, 2.45) is 0 Å². The molecule has 0 aromatic heterocycles. The molecule has 0 aliphatic carbocycles. The Balaban J connectivity index is 1.60. The molecule has 1 N–H and O–H groups in total. The van der Waals surface area contributed by atoms with Gasteiger partial charge in [-0.15, -0.1) is 0 Å². The van der Waals surface area contributed by atoms with Gasteiger partial charge in [-0.25, -0.2) is 12.7 Å². The topological polar surface area (TPSA) is 66.5 Å². The molecule has 1 fully saturated rings. The number of nitrogens with one attached hydrogen (secondary N) is 1. The van der Waals surface area contributed by atoms with Crippen molar-refractivity contribution < 1.29 is 13.2 Å². The number of carbonyl (C=O) groups is 1. The second kappa shape index (κ2) is 7.37. The Hall–Kier alpha value is -2.18. The fraction of sp³-hybridized carbons (Fsp3) is 0.316. The molecule has 1 amide bonds. The number of hydrogen-bond donors (Lipinski definition) is 1. The first kappa shape index (κ1) is 17.6. The highest BCUT2D eigenvalue weighted by Crippen LogP contribution is 2.19. The molecule has 0 saturated carbocycles. The van der Waals surface area contributed by atoms with Gasteiger partial charge in [0.2, 0.25) is 15.9 Å². The first-order valence-corrected chi connectivity index (χ1v) is 10.2. The summed E-state index contributed by atoms with van der Waals surface area (Å²) in [6, 6.07) is 14.1. The van der Waals surface area contributed by atoms with Crippen molar-refractivity contribution in [1.82, 2.24) is 9.62 Å². The SMILES string of the molecule is CS(=O)(=O)N1CCC(NC(=O)/C=C/c2cccc3ccccc23)CC1. The molecule has 5 nitrogen and oxygen atoms in total. The van der Waals surface area contributed by atoms with Crippen LogP contribution in [0.5, 0.6) is 0 Å². The van der Waals surface area contributed by atoms with E-state index in [1.165, 1.54) is 10.6 Å². The van der Waals surface area contributed by atoms with Gasteiger partial charge in [0.1, 0.15) is 0 Å². The van der Waals surface area contributed by atoms with Crippen LogP contribution in [-0.2, 0) is 14.8 Å². The predicted molar refractivity (Wildman–Crippen MR) is 101 cm³/mol. The number of fused-ring (bicyclic) bond motifs is 1. The van der Waals surface area contributed by atoms with Crippen LogP contribution in [0.25, 0.3) is 16.8 Å². The van der Waals surface area contributed by atoms with Crippen LogP contribution in [0.3, 0.4) is 0 Å². The van der Waals surface area contributed by atoms with Crippen LogP contribution in [0, 0.1) is 0 Å². The van der Waals surface area contributed by atoms with Crippen LogP contribution in [0.2, 0.25) is 0 Å². The summed E-state index contributed by atoms with van der Waals surface area (Å²) in [5.41, 5.74) is 1.00. The van der Waals surface area contributed by atoms with E-state index in [2.05, 4.69) is 5.32 Å². The zero-order valence-electron chi connectivity index (χ0n) is 14.2. The summed E-state index contributed by atoms with van der Waals surface area (Å²) < 4.78 is 24.5. The molecule has 0 atom stereocenters. The average molecular weight is 358 g/mol. The zero-order valence-corrected chi connectivity index (χ0v) is 15.0. The summed E-state index contributed by atoms with van der Waals surface area (Å²) in [5, 5.41) is 5.21. The first-order valence-electron chi connectivity index (χ1n) is 8.35. The highest BCUT2D eigenvalue weighted by atomic mass is 32.2. The average Bonchev–Trinajstić information content (AvgIpc) is 2.59. The highest BCUT2D eigenvalue weighted by molar-refractivity contribution is 7.88. The van der Waals surface area contributed by atoms with E-state index in [0.29, 0.717) is 25.9 Å². The lowest BCUT2D eigenvalue weighted by atomic mass is 10.0. The van der Waals surface area contributed by atoms with E-state index in [0.717, 1.165) is 16.3 Å². The van der Waals surface area contributed by atoms with E-state index < -0.39 is 10.0 Å². The Kier molecular flexibility index (Phi) is 5.20. The Morgan fingerprint density at radius 1 is 1.12 bits per heavy atom. The molecule has 1 heterocycles. The van der Waals surface area contributed by atoms with Gasteiger partial charge >= 0.3 is 0 Å². The summed E-state index contributed by atoms with van der Waals surface area (Å²) in [7, 11) is -3.14. The van der Waals surface area contributed by atoms with Crippen LogP contribution < -0.4 is 5.32 Å². The van der Waals surface area contributed by atoms with Gasteiger partial charge in [-0.05, 0) is 35.3 Å². The molecular formula is C19H22N2O3S. The third kappa shape index (κ3) is 4.46. The molecule has 0 bridgehead atoms. The van der Waals surface area contributed by atoms with Crippen LogP contribution in [-0.4, -0.2) is 44.0 Å². The van der Waals surface area contributed by atoms with Gasteiger partial charge in [0.05, 0.1) is 6.26 Å². The molecular weight excluding hydrogens is 336 g/mol. The van der Waals surface area contributed by atoms with Gasteiger partial charge in [-0.1, -0.05) is 42.5 Å². The lowest BCUT2D eigenvalue weighted by Crippen LogP contribution is -2.45.